The number of amides is 4. The Kier molecular flexibility index (Phi) is 4.37. The average molecular weight is 559 g/mol. The van der Waals surface area contributed by atoms with Crippen LogP contribution in [-0.2, 0) is 17.6 Å². The van der Waals surface area contributed by atoms with Gasteiger partial charge in [0, 0.05) is 70.0 Å². The number of rotatable bonds is 2. The van der Waals surface area contributed by atoms with Gasteiger partial charge in [0.1, 0.15) is 11.4 Å². The van der Waals surface area contributed by atoms with Crippen molar-refractivity contribution in [1.29, 1.82) is 0 Å². The van der Waals surface area contributed by atoms with E-state index < -0.39 is 6.03 Å². The number of anilines is 2. The summed E-state index contributed by atoms with van der Waals surface area (Å²) in [4.78, 5) is 63.0. The van der Waals surface area contributed by atoms with E-state index >= 15 is 0 Å². The lowest BCUT2D eigenvalue weighted by Gasteiger charge is -2.24. The Morgan fingerprint density at radius 3 is 2.07 bits per heavy atom. The molecule has 1 spiro atoms. The molecular weight excluding hydrogens is 532 g/mol. The molecule has 10 nitrogen and oxygen atoms in total. The van der Waals surface area contributed by atoms with Gasteiger partial charge in [0.25, 0.3) is 11.8 Å². The summed E-state index contributed by atoms with van der Waals surface area (Å²) in [5.74, 6) is 0.0377. The fraction of sp³-hybridized carbons (Fsp3) is 0.250. The molecule has 0 radical (unpaired) electrons. The predicted molar refractivity (Wildman–Crippen MR) is 156 cm³/mol. The van der Waals surface area contributed by atoms with Crippen molar-refractivity contribution in [3.05, 3.63) is 82.8 Å². The number of allylic oxidation sites excluding steroid dienone is 3. The fourth-order valence-corrected chi connectivity index (χ4v) is 7.75. The molecule has 2 fully saturated rings. The summed E-state index contributed by atoms with van der Waals surface area (Å²) in [7, 11) is 0. The van der Waals surface area contributed by atoms with Crippen LogP contribution in [0.4, 0.5) is 16.2 Å². The van der Waals surface area contributed by atoms with Gasteiger partial charge < -0.3 is 25.5 Å². The van der Waals surface area contributed by atoms with Crippen LogP contribution in [0.1, 0.15) is 38.5 Å². The molecule has 4 N–H and O–H groups in total. The van der Waals surface area contributed by atoms with Gasteiger partial charge in [0.2, 0.25) is 0 Å². The van der Waals surface area contributed by atoms with E-state index in [0.717, 1.165) is 56.4 Å². The van der Waals surface area contributed by atoms with Crippen LogP contribution in [0.15, 0.2) is 60.3 Å². The van der Waals surface area contributed by atoms with Crippen LogP contribution in [0.3, 0.4) is 0 Å². The molecule has 4 amide bonds. The standard InChI is InChI=1S/C32H26N6O4/c33-31(42)37-10-7-19-21-12-24(34-23(21)2-4-27(19)37)29(40)36-9-6-18-20-13-25(35-22(20)1-3-26(18)36)30(41)38-15-16-14-32(16)8-5-17(39)11-28(32)38/h1-5,8,11-13,16,34-35H,6-7,9-10,14-15H2,(H2,33,42). The molecule has 2 aromatic heterocycles. The predicted octanol–water partition coefficient (Wildman–Crippen LogP) is 3.78. The summed E-state index contributed by atoms with van der Waals surface area (Å²) in [6.07, 6.45) is 7.55. The first kappa shape index (κ1) is 23.6. The van der Waals surface area contributed by atoms with Crippen molar-refractivity contribution in [3.63, 3.8) is 0 Å². The number of nitrogens with two attached hydrogens (primary N) is 1. The number of urea groups is 1. The first-order valence-electron chi connectivity index (χ1n) is 14.3. The van der Waals surface area contributed by atoms with Gasteiger partial charge in [-0.25, -0.2) is 4.79 Å². The molecule has 5 heterocycles. The normalized spacial score (nSPS) is 23.3. The second-order valence-electron chi connectivity index (χ2n) is 12.0. The first-order valence-corrected chi connectivity index (χ1v) is 14.3. The lowest BCUT2D eigenvalue weighted by molar-refractivity contribution is -0.110. The SMILES string of the molecule is NC(=O)N1CCc2c1ccc1[nH]c(C(=O)N3CCc4c3ccc3[nH]c(C(=O)N5CC6CC67C=CC(=O)C=C57)cc43)cc21. The fourth-order valence-electron chi connectivity index (χ4n) is 7.75. The average Bonchev–Trinajstić information content (AvgIpc) is 3.61. The van der Waals surface area contributed by atoms with Gasteiger partial charge >= 0.3 is 6.03 Å². The van der Waals surface area contributed by atoms with E-state index in [2.05, 4.69) is 9.97 Å². The first-order chi connectivity index (χ1) is 20.3. The van der Waals surface area contributed by atoms with Crippen molar-refractivity contribution in [2.45, 2.75) is 19.3 Å². The van der Waals surface area contributed by atoms with Crippen LogP contribution in [0.25, 0.3) is 21.8 Å². The number of hydrogen-bond acceptors (Lipinski definition) is 4. The molecule has 2 atom stereocenters. The number of likely N-dealkylation sites (tertiary alicyclic amines) is 1. The van der Waals surface area contributed by atoms with E-state index in [-0.39, 0.29) is 23.0 Å². The number of hydrogen-bond donors (Lipinski definition) is 3. The lowest BCUT2D eigenvalue weighted by atomic mass is 9.95. The number of piperidine rings is 1. The van der Waals surface area contributed by atoms with Gasteiger partial charge in [-0.15, -0.1) is 0 Å². The Morgan fingerprint density at radius 1 is 0.833 bits per heavy atom. The van der Waals surface area contributed by atoms with Crippen molar-refractivity contribution in [2.24, 2.45) is 17.1 Å². The number of H-pyrrole nitrogens is 2. The lowest BCUT2D eigenvalue weighted by Crippen LogP contribution is -2.33. The number of fused-ring (bicyclic) bond motifs is 6. The maximum Gasteiger partial charge on any atom is 0.319 e. The summed E-state index contributed by atoms with van der Waals surface area (Å²) in [6.45, 7) is 1.68. The third-order valence-corrected chi connectivity index (χ3v) is 9.90. The highest BCUT2D eigenvalue weighted by Gasteiger charge is 2.63. The van der Waals surface area contributed by atoms with E-state index in [1.807, 2.05) is 42.5 Å². The molecule has 2 unspecified atom stereocenters. The van der Waals surface area contributed by atoms with Crippen LogP contribution in [0.2, 0.25) is 0 Å². The van der Waals surface area contributed by atoms with Gasteiger partial charge in [-0.2, -0.15) is 0 Å². The maximum absolute atomic E-state index is 13.8. The topological polar surface area (TPSA) is 136 Å². The zero-order valence-electron chi connectivity index (χ0n) is 22.6. The molecule has 4 aromatic rings. The Labute approximate surface area is 239 Å². The van der Waals surface area contributed by atoms with Gasteiger partial charge in [-0.3, -0.25) is 19.3 Å². The van der Waals surface area contributed by atoms with E-state index in [1.165, 1.54) is 0 Å². The molecular formula is C32H26N6O4. The highest BCUT2D eigenvalue weighted by Crippen LogP contribution is 2.65. The van der Waals surface area contributed by atoms with Crippen LogP contribution in [0.5, 0.6) is 0 Å². The van der Waals surface area contributed by atoms with Crippen molar-refractivity contribution in [1.82, 2.24) is 14.9 Å². The molecule has 2 aromatic carbocycles. The Balaban J connectivity index is 1.03. The number of nitrogens with zero attached hydrogens (tertiary/aromatic N) is 3. The van der Waals surface area contributed by atoms with Gasteiger partial charge in [0.15, 0.2) is 5.78 Å². The number of aromatic amines is 2. The molecule has 1 saturated heterocycles. The smallest absolute Gasteiger partial charge is 0.319 e. The van der Waals surface area contributed by atoms with Crippen molar-refractivity contribution in [3.8, 4) is 0 Å². The number of carbonyl (C=O) groups excluding carboxylic acids is 4. The van der Waals surface area contributed by atoms with Crippen LogP contribution in [0, 0.1) is 11.3 Å². The minimum absolute atomic E-state index is 0.0767. The molecule has 5 aliphatic rings. The molecule has 42 heavy (non-hydrogen) atoms. The van der Waals surface area contributed by atoms with Crippen LogP contribution >= 0.6 is 0 Å². The second-order valence-corrected chi connectivity index (χ2v) is 12.0. The second kappa shape index (κ2) is 7.79. The maximum atomic E-state index is 13.8. The zero-order valence-corrected chi connectivity index (χ0v) is 22.6. The van der Waals surface area contributed by atoms with Crippen LogP contribution in [-0.4, -0.2) is 58.1 Å². The number of aromatic nitrogens is 2. The molecule has 3 aliphatic heterocycles. The van der Waals surface area contributed by atoms with Crippen molar-refractivity contribution in [2.75, 3.05) is 29.4 Å². The number of ketones is 1. The molecule has 2 aliphatic carbocycles. The highest BCUT2D eigenvalue weighted by atomic mass is 16.2. The highest BCUT2D eigenvalue weighted by molar-refractivity contribution is 6.12. The molecule has 10 heteroatoms. The summed E-state index contributed by atoms with van der Waals surface area (Å²) in [5.41, 5.74) is 12.5. The quantitative estimate of drug-likeness (QED) is 0.345. The number of nitrogens with one attached hydrogen (secondary N) is 2. The van der Waals surface area contributed by atoms with E-state index in [4.69, 9.17) is 5.73 Å². The molecule has 9 rings (SSSR count). The number of benzene rings is 2. The van der Waals surface area contributed by atoms with Gasteiger partial charge in [0.05, 0.1) is 0 Å². The molecule has 0 bridgehead atoms. The zero-order chi connectivity index (χ0) is 28.5. The third-order valence-electron chi connectivity index (χ3n) is 9.90. The van der Waals surface area contributed by atoms with Gasteiger partial charge in [-0.05, 0) is 78.8 Å². The van der Waals surface area contributed by atoms with E-state index in [1.54, 1.807) is 26.9 Å². The Bertz CT molecular complexity index is 2030. The minimum atomic E-state index is -0.478. The summed E-state index contributed by atoms with van der Waals surface area (Å²) >= 11 is 0. The van der Waals surface area contributed by atoms with Crippen molar-refractivity contribution < 1.29 is 19.2 Å². The summed E-state index contributed by atoms with van der Waals surface area (Å²) in [6, 6.07) is 10.9. The van der Waals surface area contributed by atoms with E-state index in [0.29, 0.717) is 49.8 Å². The van der Waals surface area contributed by atoms with Crippen molar-refractivity contribution >= 4 is 56.8 Å². The largest absolute Gasteiger partial charge is 0.351 e. The minimum Gasteiger partial charge on any atom is -0.351 e. The molecule has 208 valence electrons. The Hall–Kier alpha value is -5.12. The van der Waals surface area contributed by atoms with Crippen LogP contribution < -0.4 is 15.5 Å². The molecule has 1 saturated carbocycles. The van der Waals surface area contributed by atoms with E-state index in [9.17, 15) is 19.2 Å². The summed E-state index contributed by atoms with van der Waals surface area (Å²) in [5, 5.41) is 1.86. The Morgan fingerprint density at radius 2 is 1.43 bits per heavy atom. The monoisotopic (exact) mass is 558 g/mol. The van der Waals surface area contributed by atoms with Gasteiger partial charge in [-0.1, -0.05) is 6.08 Å². The number of carbonyl (C=O) groups is 4. The summed E-state index contributed by atoms with van der Waals surface area (Å²) < 4.78 is 0. The number of primary amides is 1. The third kappa shape index (κ3) is 2.98.